The van der Waals surface area contributed by atoms with Crippen LogP contribution in [0.1, 0.15) is 24.8 Å². The second-order valence-electron chi connectivity index (χ2n) is 5.09. The largest absolute Gasteiger partial charge is 0.395 e. The molecule has 0 aromatic carbocycles. The van der Waals surface area contributed by atoms with Gasteiger partial charge in [-0.3, -0.25) is 4.90 Å². The highest BCUT2D eigenvalue weighted by atomic mass is 35.5. The second kappa shape index (κ2) is 6.26. The standard InChI is InChI=1S/C14H17ClN2O2S/c15-13-5-4-12(20-13)14-10(7-16-19-14)8-17-6-2-1-3-11(17)9-18/h4-5,7,11,18H,1-3,6,8-9H2/t11-/m1/s1. The third kappa shape index (κ3) is 2.91. The Morgan fingerprint density at radius 2 is 2.35 bits per heavy atom. The fourth-order valence-corrected chi connectivity index (χ4v) is 3.76. The first-order valence-corrected chi connectivity index (χ1v) is 8.01. The first kappa shape index (κ1) is 14.1. The van der Waals surface area contributed by atoms with Crippen molar-refractivity contribution in [3.8, 4) is 10.6 Å². The van der Waals surface area contributed by atoms with Gasteiger partial charge >= 0.3 is 0 Å². The maximum absolute atomic E-state index is 9.48. The smallest absolute Gasteiger partial charge is 0.181 e. The van der Waals surface area contributed by atoms with Crippen molar-refractivity contribution in [1.29, 1.82) is 0 Å². The van der Waals surface area contributed by atoms with E-state index in [1.165, 1.54) is 24.2 Å². The van der Waals surface area contributed by atoms with Gasteiger partial charge in [-0.1, -0.05) is 23.2 Å². The Morgan fingerprint density at radius 3 is 3.10 bits per heavy atom. The van der Waals surface area contributed by atoms with Crippen LogP contribution in [0.3, 0.4) is 0 Å². The van der Waals surface area contributed by atoms with Gasteiger partial charge in [0.1, 0.15) is 0 Å². The van der Waals surface area contributed by atoms with Crippen molar-refractivity contribution in [2.75, 3.05) is 13.2 Å². The molecule has 0 amide bonds. The molecule has 0 saturated carbocycles. The monoisotopic (exact) mass is 312 g/mol. The maximum atomic E-state index is 9.48. The number of thiophene rings is 1. The van der Waals surface area contributed by atoms with Crippen LogP contribution in [-0.2, 0) is 6.54 Å². The highest BCUT2D eigenvalue weighted by Crippen LogP contribution is 2.34. The number of rotatable bonds is 4. The molecule has 1 aliphatic rings. The Balaban J connectivity index is 1.79. The van der Waals surface area contributed by atoms with Gasteiger partial charge in [0.25, 0.3) is 0 Å². The van der Waals surface area contributed by atoms with E-state index in [1.54, 1.807) is 6.20 Å². The highest BCUT2D eigenvalue weighted by molar-refractivity contribution is 7.19. The van der Waals surface area contributed by atoms with Crippen LogP contribution in [0.2, 0.25) is 4.34 Å². The number of halogens is 1. The molecular weight excluding hydrogens is 296 g/mol. The van der Waals surface area contributed by atoms with Crippen molar-refractivity contribution in [3.05, 3.63) is 28.2 Å². The summed E-state index contributed by atoms with van der Waals surface area (Å²) in [5.41, 5.74) is 1.06. The summed E-state index contributed by atoms with van der Waals surface area (Å²) in [5, 5.41) is 13.4. The van der Waals surface area contributed by atoms with Gasteiger partial charge in [-0.2, -0.15) is 0 Å². The molecule has 0 unspecified atom stereocenters. The molecule has 20 heavy (non-hydrogen) atoms. The molecule has 0 aliphatic carbocycles. The summed E-state index contributed by atoms with van der Waals surface area (Å²) in [7, 11) is 0. The van der Waals surface area contributed by atoms with Gasteiger partial charge in [0.2, 0.25) is 0 Å². The van der Waals surface area contributed by atoms with Crippen molar-refractivity contribution in [2.24, 2.45) is 0 Å². The van der Waals surface area contributed by atoms with Crippen LogP contribution in [-0.4, -0.2) is 34.4 Å². The number of aliphatic hydroxyl groups is 1. The Labute approximate surface area is 127 Å². The van der Waals surface area contributed by atoms with Crippen molar-refractivity contribution in [3.63, 3.8) is 0 Å². The lowest BCUT2D eigenvalue weighted by molar-refractivity contribution is 0.0841. The van der Waals surface area contributed by atoms with Crippen LogP contribution < -0.4 is 0 Å². The molecule has 0 spiro atoms. The summed E-state index contributed by atoms with van der Waals surface area (Å²) in [6, 6.07) is 4.07. The Kier molecular flexibility index (Phi) is 4.41. The molecule has 2 aromatic rings. The number of nitrogens with zero attached hydrogens (tertiary/aromatic N) is 2. The fourth-order valence-electron chi connectivity index (χ4n) is 2.71. The predicted molar refractivity (Wildman–Crippen MR) is 80.0 cm³/mol. The second-order valence-corrected chi connectivity index (χ2v) is 6.80. The van der Waals surface area contributed by atoms with Crippen LogP contribution in [0.4, 0.5) is 0 Å². The number of aliphatic hydroxyl groups excluding tert-OH is 1. The molecule has 1 fully saturated rings. The van der Waals surface area contributed by atoms with Crippen LogP contribution in [0.25, 0.3) is 10.6 Å². The minimum atomic E-state index is 0.214. The summed E-state index contributed by atoms with van der Waals surface area (Å²) >= 11 is 7.47. The van der Waals surface area contributed by atoms with Gasteiger partial charge in [-0.15, -0.1) is 11.3 Å². The molecule has 108 valence electrons. The summed E-state index contributed by atoms with van der Waals surface area (Å²) in [5.74, 6) is 0.796. The minimum Gasteiger partial charge on any atom is -0.395 e. The van der Waals surface area contributed by atoms with Crippen LogP contribution in [0.5, 0.6) is 0 Å². The average molecular weight is 313 g/mol. The van der Waals surface area contributed by atoms with Crippen LogP contribution in [0, 0.1) is 0 Å². The predicted octanol–water partition coefficient (Wildman–Crippen LogP) is 3.40. The summed E-state index contributed by atoms with van der Waals surface area (Å²) in [6.45, 7) is 1.99. The van der Waals surface area contributed by atoms with E-state index in [2.05, 4.69) is 10.1 Å². The highest BCUT2D eigenvalue weighted by Gasteiger charge is 2.24. The van der Waals surface area contributed by atoms with Gasteiger partial charge in [-0.05, 0) is 31.5 Å². The summed E-state index contributed by atoms with van der Waals surface area (Å²) < 4.78 is 6.13. The zero-order chi connectivity index (χ0) is 13.9. The summed E-state index contributed by atoms with van der Waals surface area (Å²) in [6.07, 6.45) is 5.20. The van der Waals surface area contributed by atoms with E-state index in [9.17, 15) is 5.11 Å². The minimum absolute atomic E-state index is 0.214. The third-order valence-corrected chi connectivity index (χ3v) is 5.00. The normalized spacial score (nSPS) is 20.4. The first-order chi connectivity index (χ1) is 9.78. The van der Waals surface area contributed by atoms with E-state index in [0.29, 0.717) is 0 Å². The number of hydrogen-bond donors (Lipinski definition) is 1. The Hall–Kier alpha value is -0.880. The molecule has 1 aliphatic heterocycles. The van der Waals surface area contributed by atoms with E-state index in [4.69, 9.17) is 16.1 Å². The van der Waals surface area contributed by atoms with E-state index >= 15 is 0 Å². The van der Waals surface area contributed by atoms with Crippen molar-refractivity contribution in [2.45, 2.75) is 31.8 Å². The molecule has 3 rings (SSSR count). The van der Waals surface area contributed by atoms with E-state index in [1.807, 2.05) is 12.1 Å². The van der Waals surface area contributed by atoms with Crippen molar-refractivity contribution >= 4 is 22.9 Å². The molecule has 4 nitrogen and oxygen atoms in total. The molecule has 1 saturated heterocycles. The van der Waals surface area contributed by atoms with Gasteiger partial charge < -0.3 is 9.63 Å². The average Bonchev–Trinajstić information content (AvgIpc) is 3.08. The lowest BCUT2D eigenvalue weighted by Crippen LogP contribution is -2.41. The zero-order valence-electron chi connectivity index (χ0n) is 11.1. The van der Waals surface area contributed by atoms with E-state index < -0.39 is 0 Å². The van der Waals surface area contributed by atoms with Gasteiger partial charge in [0, 0.05) is 18.2 Å². The fraction of sp³-hybridized carbons (Fsp3) is 0.500. The van der Waals surface area contributed by atoms with Gasteiger partial charge in [0.15, 0.2) is 5.76 Å². The van der Waals surface area contributed by atoms with Gasteiger partial charge in [-0.25, -0.2) is 0 Å². The van der Waals surface area contributed by atoms with Crippen LogP contribution >= 0.6 is 22.9 Å². The van der Waals surface area contributed by atoms with Crippen molar-refractivity contribution in [1.82, 2.24) is 10.1 Å². The molecule has 0 radical (unpaired) electrons. The van der Waals surface area contributed by atoms with E-state index in [0.717, 1.165) is 40.0 Å². The zero-order valence-corrected chi connectivity index (χ0v) is 12.7. The first-order valence-electron chi connectivity index (χ1n) is 6.82. The quantitative estimate of drug-likeness (QED) is 0.940. The molecule has 1 N–H and O–H groups in total. The Morgan fingerprint density at radius 1 is 1.45 bits per heavy atom. The molecular formula is C14H17ClN2O2S. The molecule has 3 heterocycles. The third-order valence-electron chi connectivity index (χ3n) is 3.77. The number of likely N-dealkylation sites (tertiary alicyclic amines) is 1. The lowest BCUT2D eigenvalue weighted by atomic mass is 10.0. The maximum Gasteiger partial charge on any atom is 0.181 e. The topological polar surface area (TPSA) is 49.5 Å². The number of aromatic nitrogens is 1. The van der Waals surface area contributed by atoms with Gasteiger partial charge in [0.05, 0.1) is 22.0 Å². The van der Waals surface area contributed by atoms with E-state index in [-0.39, 0.29) is 12.6 Å². The molecule has 0 bridgehead atoms. The Bertz CT molecular complexity index is 569. The molecule has 1 atom stereocenters. The van der Waals surface area contributed by atoms with Crippen LogP contribution in [0.15, 0.2) is 22.9 Å². The molecule has 6 heteroatoms. The number of hydrogen-bond acceptors (Lipinski definition) is 5. The van der Waals surface area contributed by atoms with Crippen molar-refractivity contribution < 1.29 is 9.63 Å². The SMILES string of the molecule is OC[C@H]1CCCCN1Cc1cnoc1-c1ccc(Cl)s1. The lowest BCUT2D eigenvalue weighted by Gasteiger charge is -2.34. The molecule has 2 aromatic heterocycles. The number of piperidine rings is 1. The summed E-state index contributed by atoms with van der Waals surface area (Å²) in [4.78, 5) is 3.31.